The van der Waals surface area contributed by atoms with Crippen LogP contribution in [0, 0.1) is 0 Å². The molecule has 4 aromatic rings. The molecule has 0 spiro atoms. The average Bonchev–Trinajstić information content (AvgIpc) is 3.50. The van der Waals surface area contributed by atoms with Gasteiger partial charge < -0.3 is 25.2 Å². The number of anilines is 6. The highest BCUT2D eigenvalue weighted by molar-refractivity contribution is 7.92. The van der Waals surface area contributed by atoms with Crippen LogP contribution in [0.15, 0.2) is 53.9 Å². The molecule has 4 heterocycles. The Morgan fingerprint density at radius 2 is 1.70 bits per heavy atom. The highest BCUT2D eigenvalue weighted by Gasteiger charge is 2.27. The Balaban J connectivity index is 1.20. The van der Waals surface area contributed by atoms with Crippen molar-refractivity contribution in [1.29, 1.82) is 0 Å². The average molecular weight is 637 g/mol. The number of para-hydroxylation sites is 2. The number of methoxy groups -OCH3 is 1. The number of hydrogen-bond acceptors (Lipinski definition) is 11. The SMILES string of the molecule is COc1cc(N2CCC(N3CCN(C)CC3)CC2)ccc1Nc1nc(Nc2ccccc2N(C)S(C)(=O)=O)c2sccc2n1. The number of nitrogens with zero attached hydrogens (tertiary/aromatic N) is 6. The van der Waals surface area contributed by atoms with E-state index in [2.05, 4.69) is 44.5 Å². The number of likely N-dealkylation sites (N-methyl/N-ethyl adjacent to an activating group) is 1. The van der Waals surface area contributed by atoms with Crippen molar-refractivity contribution in [3.05, 3.63) is 53.9 Å². The summed E-state index contributed by atoms with van der Waals surface area (Å²) in [7, 11) is 1.97. The predicted molar refractivity (Wildman–Crippen MR) is 181 cm³/mol. The molecule has 0 unspecified atom stereocenters. The molecule has 2 aromatic heterocycles. The Morgan fingerprint density at radius 3 is 2.43 bits per heavy atom. The molecule has 0 atom stereocenters. The van der Waals surface area contributed by atoms with Crippen LogP contribution in [0.3, 0.4) is 0 Å². The summed E-state index contributed by atoms with van der Waals surface area (Å²) < 4.78 is 32.5. The van der Waals surface area contributed by atoms with Crippen molar-refractivity contribution >= 4 is 66.1 Å². The summed E-state index contributed by atoms with van der Waals surface area (Å²) >= 11 is 1.52. The van der Waals surface area contributed by atoms with Gasteiger partial charge in [-0.05, 0) is 55.6 Å². The van der Waals surface area contributed by atoms with Crippen molar-refractivity contribution in [3.63, 3.8) is 0 Å². The van der Waals surface area contributed by atoms with Gasteiger partial charge in [0.25, 0.3) is 0 Å². The largest absolute Gasteiger partial charge is 0.494 e. The molecular formula is C31H40N8O3S2. The molecule has 2 aliphatic heterocycles. The number of piperazine rings is 1. The highest BCUT2D eigenvalue weighted by Crippen LogP contribution is 2.36. The van der Waals surface area contributed by atoms with Crippen molar-refractivity contribution in [1.82, 2.24) is 19.8 Å². The molecule has 2 aromatic carbocycles. The minimum Gasteiger partial charge on any atom is -0.494 e. The Kier molecular flexibility index (Phi) is 8.81. The Hall–Kier alpha value is -3.65. The number of aromatic nitrogens is 2. The maximum absolute atomic E-state index is 12.3. The fourth-order valence-corrected chi connectivity index (χ4v) is 7.23. The number of nitrogens with one attached hydrogen (secondary N) is 2. The Labute approximate surface area is 263 Å². The molecule has 0 amide bonds. The second-order valence-corrected chi connectivity index (χ2v) is 14.4. The smallest absolute Gasteiger partial charge is 0.232 e. The minimum atomic E-state index is -3.45. The van der Waals surface area contributed by atoms with Crippen molar-refractivity contribution < 1.29 is 13.2 Å². The summed E-state index contributed by atoms with van der Waals surface area (Å²) in [5.74, 6) is 1.71. The molecule has 2 aliphatic rings. The first-order valence-corrected chi connectivity index (χ1v) is 17.6. The summed E-state index contributed by atoms with van der Waals surface area (Å²) in [5, 5.41) is 8.68. The van der Waals surface area contributed by atoms with Crippen LogP contribution < -0.4 is 24.6 Å². The normalized spacial score (nSPS) is 17.1. The van der Waals surface area contributed by atoms with E-state index in [-0.39, 0.29) is 0 Å². The lowest BCUT2D eigenvalue weighted by Gasteiger charge is -2.42. The van der Waals surface area contributed by atoms with Crippen molar-refractivity contribution in [2.75, 3.05) is 86.6 Å². The standard InChI is InChI=1S/C31H40N8O3S2/c1-36-16-18-39(19-17-36)22-11-14-38(15-12-22)23-9-10-25(28(21-23)42-3)33-31-34-26-13-20-43-29(26)30(35-31)32-24-7-5-6-8-27(24)37(2)44(4,40)41/h5-10,13,20-22H,11-12,14-19H2,1-4H3,(H2,32,33,34,35). The molecule has 2 N–H and O–H groups in total. The maximum atomic E-state index is 12.3. The van der Waals surface area contributed by atoms with Gasteiger partial charge in [-0.25, -0.2) is 13.4 Å². The number of rotatable bonds is 9. The van der Waals surface area contributed by atoms with Gasteiger partial charge in [0.05, 0.1) is 40.6 Å². The molecule has 2 fully saturated rings. The van der Waals surface area contributed by atoms with Crippen LogP contribution in [0.25, 0.3) is 10.2 Å². The van der Waals surface area contributed by atoms with E-state index in [0.29, 0.717) is 34.9 Å². The van der Waals surface area contributed by atoms with Gasteiger partial charge in [0.1, 0.15) is 5.75 Å². The van der Waals surface area contributed by atoms with Gasteiger partial charge in [-0.15, -0.1) is 11.3 Å². The Morgan fingerprint density at radius 1 is 0.955 bits per heavy atom. The third-order valence-electron chi connectivity index (χ3n) is 8.61. The van der Waals surface area contributed by atoms with Gasteiger partial charge in [-0.2, -0.15) is 4.98 Å². The van der Waals surface area contributed by atoms with Gasteiger partial charge in [0, 0.05) is 64.1 Å². The van der Waals surface area contributed by atoms with E-state index in [9.17, 15) is 8.42 Å². The molecule has 13 heteroatoms. The third kappa shape index (κ3) is 6.55. The van der Waals surface area contributed by atoms with Crippen LogP contribution in [-0.4, -0.2) is 101 Å². The summed E-state index contributed by atoms with van der Waals surface area (Å²) in [6.45, 7) is 6.68. The first kappa shape index (κ1) is 30.4. The second-order valence-electron chi connectivity index (χ2n) is 11.5. The summed E-state index contributed by atoms with van der Waals surface area (Å²) in [6, 6.07) is 16.1. The van der Waals surface area contributed by atoms with Gasteiger partial charge in [-0.3, -0.25) is 9.21 Å². The maximum Gasteiger partial charge on any atom is 0.232 e. The van der Waals surface area contributed by atoms with E-state index < -0.39 is 10.0 Å². The van der Waals surface area contributed by atoms with Gasteiger partial charge in [-0.1, -0.05) is 12.1 Å². The topological polar surface area (TPSA) is 106 Å². The second kappa shape index (κ2) is 12.8. The zero-order valence-corrected chi connectivity index (χ0v) is 27.3. The van der Waals surface area contributed by atoms with Crippen molar-refractivity contribution in [2.45, 2.75) is 18.9 Å². The van der Waals surface area contributed by atoms with Gasteiger partial charge in [0.15, 0.2) is 5.82 Å². The molecule has 234 valence electrons. The van der Waals surface area contributed by atoms with Crippen molar-refractivity contribution in [2.24, 2.45) is 0 Å². The van der Waals surface area contributed by atoms with Crippen LogP contribution in [0.4, 0.5) is 34.5 Å². The number of sulfonamides is 1. The summed E-state index contributed by atoms with van der Waals surface area (Å²) in [4.78, 5) is 17.1. The van der Waals surface area contributed by atoms with Crippen molar-refractivity contribution in [3.8, 4) is 5.75 Å². The number of thiophene rings is 1. The fourth-order valence-electron chi connectivity index (χ4n) is 5.94. The van der Waals surface area contributed by atoms with E-state index in [1.54, 1.807) is 13.2 Å². The third-order valence-corrected chi connectivity index (χ3v) is 10.7. The first-order valence-electron chi connectivity index (χ1n) is 14.9. The number of fused-ring (bicyclic) bond motifs is 1. The molecule has 0 bridgehead atoms. The van der Waals surface area contributed by atoms with Crippen LogP contribution >= 0.6 is 11.3 Å². The lowest BCUT2D eigenvalue weighted by atomic mass is 10.0. The minimum absolute atomic E-state index is 0.409. The highest BCUT2D eigenvalue weighted by atomic mass is 32.2. The molecule has 11 nitrogen and oxygen atoms in total. The molecule has 0 aliphatic carbocycles. The van der Waals surface area contributed by atoms with Crippen LogP contribution in [0.2, 0.25) is 0 Å². The quantitative estimate of drug-likeness (QED) is 0.266. The van der Waals surface area contributed by atoms with Gasteiger partial charge in [0.2, 0.25) is 16.0 Å². The molecule has 6 rings (SSSR count). The molecule has 0 saturated carbocycles. The Bertz CT molecular complexity index is 1710. The van der Waals surface area contributed by atoms with Crippen LogP contribution in [0.1, 0.15) is 12.8 Å². The molecular weight excluding hydrogens is 597 g/mol. The van der Waals surface area contributed by atoms with Crippen LogP contribution in [-0.2, 0) is 10.0 Å². The van der Waals surface area contributed by atoms with E-state index in [4.69, 9.17) is 14.7 Å². The lowest BCUT2D eigenvalue weighted by molar-refractivity contribution is 0.0982. The summed E-state index contributed by atoms with van der Waals surface area (Å²) in [5.41, 5.74) is 3.84. The number of piperidine rings is 1. The van der Waals surface area contributed by atoms with E-state index in [1.165, 1.54) is 41.8 Å². The number of benzene rings is 2. The number of ether oxygens (including phenoxy) is 1. The lowest BCUT2D eigenvalue weighted by Crippen LogP contribution is -2.52. The fraction of sp³-hybridized carbons (Fsp3) is 0.419. The predicted octanol–water partition coefficient (Wildman–Crippen LogP) is 4.80. The van der Waals surface area contributed by atoms with Crippen LogP contribution in [0.5, 0.6) is 5.75 Å². The zero-order valence-electron chi connectivity index (χ0n) is 25.7. The van der Waals surface area contributed by atoms with Gasteiger partial charge >= 0.3 is 0 Å². The number of hydrogen-bond donors (Lipinski definition) is 2. The van der Waals surface area contributed by atoms with E-state index >= 15 is 0 Å². The first-order chi connectivity index (χ1) is 21.2. The van der Waals surface area contributed by atoms with E-state index in [0.717, 1.165) is 60.9 Å². The monoisotopic (exact) mass is 636 g/mol. The van der Waals surface area contributed by atoms with E-state index in [1.807, 2.05) is 35.7 Å². The molecule has 2 saturated heterocycles. The molecule has 0 radical (unpaired) electrons. The zero-order chi connectivity index (χ0) is 30.8. The molecule has 44 heavy (non-hydrogen) atoms. The summed E-state index contributed by atoms with van der Waals surface area (Å²) in [6.07, 6.45) is 3.52.